The lowest BCUT2D eigenvalue weighted by molar-refractivity contribution is -0.253. The highest BCUT2D eigenvalue weighted by molar-refractivity contribution is 6.18. The molecule has 1 aromatic carbocycles. The Kier molecular flexibility index (Phi) is 13.1. The molecular formula is C36H52ClN3O8. The topological polar surface area (TPSA) is 122 Å². The van der Waals surface area contributed by atoms with Gasteiger partial charge in [-0.25, -0.2) is 4.79 Å². The number of benzene rings is 1. The lowest BCUT2D eigenvalue weighted by Gasteiger charge is -2.59. The highest BCUT2D eigenvalue weighted by Gasteiger charge is 2.65. The van der Waals surface area contributed by atoms with Gasteiger partial charge in [0.15, 0.2) is 0 Å². The molecule has 0 radical (unpaired) electrons. The zero-order chi connectivity index (χ0) is 34.1. The zero-order valence-corrected chi connectivity index (χ0v) is 29.1. The van der Waals surface area contributed by atoms with Crippen LogP contribution in [0.4, 0.5) is 4.79 Å². The van der Waals surface area contributed by atoms with Crippen LogP contribution in [0.3, 0.4) is 0 Å². The van der Waals surface area contributed by atoms with Gasteiger partial charge in [0.05, 0.1) is 24.1 Å². The summed E-state index contributed by atoms with van der Waals surface area (Å²) in [5, 5.41) is 24.0. The Morgan fingerprint density at radius 2 is 1.96 bits per heavy atom. The highest BCUT2D eigenvalue weighted by Crippen LogP contribution is 2.61. The van der Waals surface area contributed by atoms with Gasteiger partial charge < -0.3 is 38.9 Å². The van der Waals surface area contributed by atoms with Gasteiger partial charge in [-0.3, -0.25) is 4.90 Å². The number of oxime groups is 1. The number of aliphatic hydroxyl groups is 2. The molecule has 5 rings (SSSR count). The maximum atomic E-state index is 13.4. The summed E-state index contributed by atoms with van der Waals surface area (Å²) in [5.74, 6) is 0.142. The monoisotopic (exact) mass is 689 g/mol. The van der Waals surface area contributed by atoms with Gasteiger partial charge in [-0.2, -0.15) is 0 Å². The smallest absolute Gasteiger partial charge is 0.410 e. The molecule has 0 spiro atoms. The van der Waals surface area contributed by atoms with Crippen LogP contribution in [0.2, 0.25) is 0 Å². The molecule has 266 valence electrons. The lowest BCUT2D eigenvalue weighted by Crippen LogP contribution is -2.69. The van der Waals surface area contributed by atoms with Crippen LogP contribution < -0.4 is 9.47 Å². The Morgan fingerprint density at radius 1 is 1.19 bits per heavy atom. The average Bonchev–Trinajstić information content (AvgIpc) is 3.92. The van der Waals surface area contributed by atoms with Crippen LogP contribution >= 0.6 is 11.6 Å². The standard InChI is InChI=1S/C36H52ClN3O8/c1-4-19-47-36-32(39(2)35(43)46-20-13-37)24-30(38-44-3)28-22-25(9-5-7-17-41)27(10-6-8-18-42)33(34(28)36)29-23-26(11-12-31(29)48-36)45-21-16-40-14-15-40/h4,11-12,22-23,25,27,32-34,41-42H,1,5-10,13-21,24H2,2-3H3/t25-,27+,32-,33+,34+,36+/m0/s1. The number of halogens is 1. The van der Waals surface area contributed by atoms with E-state index in [1.807, 2.05) is 12.1 Å². The maximum Gasteiger partial charge on any atom is 0.410 e. The Balaban J connectivity index is 1.68. The number of ether oxygens (including phenoxy) is 4. The predicted molar refractivity (Wildman–Crippen MR) is 184 cm³/mol. The van der Waals surface area contributed by atoms with E-state index < -0.39 is 17.9 Å². The number of hydrogen-bond acceptors (Lipinski definition) is 10. The molecule has 1 saturated heterocycles. The van der Waals surface area contributed by atoms with Gasteiger partial charge in [0.2, 0.25) is 5.79 Å². The second-order valence-electron chi connectivity index (χ2n) is 13.1. The molecule has 6 atom stereocenters. The van der Waals surface area contributed by atoms with Crippen molar-refractivity contribution >= 4 is 23.4 Å². The minimum atomic E-state index is -1.31. The first kappa shape index (κ1) is 36.5. The van der Waals surface area contributed by atoms with E-state index >= 15 is 0 Å². The van der Waals surface area contributed by atoms with E-state index in [-0.39, 0.29) is 56.0 Å². The van der Waals surface area contributed by atoms with Crippen LogP contribution in [-0.2, 0) is 14.3 Å². The summed E-state index contributed by atoms with van der Waals surface area (Å²) in [5.41, 5.74) is 2.74. The van der Waals surface area contributed by atoms with Crippen molar-refractivity contribution in [3.05, 3.63) is 48.1 Å². The number of alkyl halides is 1. The second kappa shape index (κ2) is 17.2. The summed E-state index contributed by atoms with van der Waals surface area (Å²) >= 11 is 5.88. The first-order valence-electron chi connectivity index (χ1n) is 17.3. The molecule has 2 fully saturated rings. The van der Waals surface area contributed by atoms with Crippen molar-refractivity contribution < 1.29 is 38.8 Å². The highest BCUT2D eigenvalue weighted by atomic mass is 35.5. The van der Waals surface area contributed by atoms with Crippen LogP contribution in [0, 0.1) is 17.8 Å². The van der Waals surface area contributed by atoms with Crippen LogP contribution in [0.5, 0.6) is 11.5 Å². The third kappa shape index (κ3) is 7.97. The Labute approximate surface area is 289 Å². The third-order valence-electron chi connectivity index (χ3n) is 10.1. The van der Waals surface area contributed by atoms with E-state index in [2.05, 4.69) is 28.8 Å². The molecule has 0 aromatic heterocycles. The maximum absolute atomic E-state index is 13.4. The largest absolute Gasteiger partial charge is 0.492 e. The van der Waals surface area contributed by atoms with Gasteiger partial charge >= 0.3 is 6.09 Å². The van der Waals surface area contributed by atoms with Crippen LogP contribution in [0.1, 0.15) is 56.4 Å². The number of allylic oxidation sites excluding steroid dienone is 1. The number of fused-ring (bicyclic) bond motifs is 2. The molecule has 2 N–H and O–H groups in total. The molecule has 1 amide bonds. The van der Waals surface area contributed by atoms with Crippen molar-refractivity contribution in [2.75, 3.05) is 72.7 Å². The van der Waals surface area contributed by atoms with Crippen molar-refractivity contribution in [2.24, 2.45) is 22.9 Å². The van der Waals surface area contributed by atoms with E-state index in [0.29, 0.717) is 31.6 Å². The third-order valence-corrected chi connectivity index (χ3v) is 10.3. The Morgan fingerprint density at radius 3 is 2.65 bits per heavy atom. The van der Waals surface area contributed by atoms with Gasteiger partial charge in [0, 0.05) is 57.8 Å². The number of amides is 1. The molecule has 11 nitrogen and oxygen atoms in total. The molecule has 48 heavy (non-hydrogen) atoms. The number of carbonyl (C=O) groups is 1. The molecule has 1 saturated carbocycles. The molecule has 2 heterocycles. The van der Waals surface area contributed by atoms with Crippen molar-refractivity contribution in [3.8, 4) is 11.5 Å². The molecule has 2 aliphatic heterocycles. The fourth-order valence-electron chi connectivity index (χ4n) is 7.87. The number of carbonyl (C=O) groups excluding carboxylic acids is 1. The van der Waals surface area contributed by atoms with Gasteiger partial charge in [-0.1, -0.05) is 30.1 Å². The minimum absolute atomic E-state index is 0.0703. The number of unbranched alkanes of at least 4 members (excludes halogenated alkanes) is 2. The van der Waals surface area contributed by atoms with Crippen LogP contribution in [-0.4, -0.2) is 116 Å². The quantitative estimate of drug-likeness (QED) is 0.0683. The van der Waals surface area contributed by atoms with E-state index in [1.54, 1.807) is 18.0 Å². The van der Waals surface area contributed by atoms with Gasteiger partial charge in [-0.05, 0) is 61.3 Å². The van der Waals surface area contributed by atoms with Crippen molar-refractivity contribution in [1.29, 1.82) is 0 Å². The fourth-order valence-corrected chi connectivity index (χ4v) is 7.95. The van der Waals surface area contributed by atoms with E-state index in [9.17, 15) is 15.0 Å². The van der Waals surface area contributed by atoms with Crippen molar-refractivity contribution in [1.82, 2.24) is 9.80 Å². The Hall–Kier alpha value is -2.83. The Bertz CT molecular complexity index is 1310. The van der Waals surface area contributed by atoms with E-state index in [1.165, 1.54) is 7.11 Å². The first-order chi connectivity index (χ1) is 23.4. The van der Waals surface area contributed by atoms with Crippen LogP contribution in [0.25, 0.3) is 0 Å². The summed E-state index contributed by atoms with van der Waals surface area (Å²) < 4.78 is 25.7. The van der Waals surface area contributed by atoms with E-state index in [4.69, 9.17) is 35.4 Å². The van der Waals surface area contributed by atoms with Gasteiger partial charge in [0.1, 0.15) is 37.9 Å². The molecule has 4 aliphatic rings. The van der Waals surface area contributed by atoms with Crippen molar-refractivity contribution in [2.45, 2.75) is 62.7 Å². The summed E-state index contributed by atoms with van der Waals surface area (Å²) in [6.07, 6.45) is 8.65. The zero-order valence-electron chi connectivity index (χ0n) is 28.4. The molecule has 0 unspecified atom stereocenters. The summed E-state index contributed by atoms with van der Waals surface area (Å²) in [7, 11) is 3.22. The number of nitrogens with zero attached hydrogens (tertiary/aromatic N) is 3. The molecule has 1 aromatic rings. The van der Waals surface area contributed by atoms with Gasteiger partial charge in [0.25, 0.3) is 0 Å². The molecule has 12 heteroatoms. The summed E-state index contributed by atoms with van der Waals surface area (Å²) in [6.45, 7) is 8.16. The van der Waals surface area contributed by atoms with Gasteiger partial charge in [-0.15, -0.1) is 18.2 Å². The summed E-state index contributed by atoms with van der Waals surface area (Å²) in [4.78, 5) is 22.7. The first-order valence-corrected chi connectivity index (χ1v) is 17.9. The molecular weight excluding hydrogens is 638 g/mol. The van der Waals surface area contributed by atoms with Crippen molar-refractivity contribution in [3.63, 3.8) is 0 Å². The van der Waals surface area contributed by atoms with E-state index in [0.717, 1.165) is 67.9 Å². The summed E-state index contributed by atoms with van der Waals surface area (Å²) in [6, 6.07) is 5.37. The molecule has 0 bridgehead atoms. The fraction of sp³-hybridized carbons (Fsp3) is 0.667. The number of hydrogen-bond donors (Lipinski definition) is 2. The molecule has 2 aliphatic carbocycles. The van der Waals surface area contributed by atoms with Crippen LogP contribution in [0.15, 0.2) is 47.7 Å². The average molecular weight is 690 g/mol. The normalized spacial score (nSPS) is 28.1. The SMILES string of the molecule is C=CCO[C@@]12Oc3ccc(OCCN4CC4)cc3[C@H]3[C@H](CCCCO)[C@@H](CCCCO)C=C(C(=NOC)C[C@@H]1N(C)C(=O)OCCCl)[C@H]32. The second-order valence-corrected chi connectivity index (χ2v) is 13.4. The number of likely N-dealkylation sites (N-methyl/N-ethyl adjacent to an activating group) is 1. The number of aliphatic hydroxyl groups excluding tert-OH is 2. The minimum Gasteiger partial charge on any atom is -0.492 e. The predicted octanol–water partition coefficient (Wildman–Crippen LogP) is 4.95. The lowest BCUT2D eigenvalue weighted by atomic mass is 9.55. The number of rotatable bonds is 19.